The summed E-state index contributed by atoms with van der Waals surface area (Å²) in [7, 11) is 1.99. The van der Waals surface area contributed by atoms with Crippen LogP contribution in [0.1, 0.15) is 16.5 Å². The molecule has 0 amide bonds. The summed E-state index contributed by atoms with van der Waals surface area (Å²) < 4.78 is 2.22. The van der Waals surface area contributed by atoms with Crippen molar-refractivity contribution in [3.63, 3.8) is 0 Å². The van der Waals surface area contributed by atoms with Crippen molar-refractivity contribution in [1.82, 2.24) is 10.3 Å². The molecule has 5 heteroatoms. The van der Waals surface area contributed by atoms with E-state index in [9.17, 15) is 0 Å². The number of nitrogens with zero attached hydrogens (tertiary/aromatic N) is 1. The van der Waals surface area contributed by atoms with Crippen molar-refractivity contribution >= 4 is 54.0 Å². The molecule has 0 spiro atoms. The van der Waals surface area contributed by atoms with Crippen LogP contribution < -0.4 is 5.32 Å². The average Bonchev–Trinajstić information content (AvgIpc) is 2.79. The molecule has 0 bridgehead atoms. The molecule has 2 nitrogen and oxygen atoms in total. The normalized spacial score (nSPS) is 12.8. The predicted octanol–water partition coefficient (Wildman–Crippen LogP) is 5.13. The summed E-state index contributed by atoms with van der Waals surface area (Å²) in [4.78, 5) is 5.47. The van der Waals surface area contributed by atoms with E-state index in [0.29, 0.717) is 0 Å². The van der Waals surface area contributed by atoms with E-state index < -0.39 is 0 Å². The van der Waals surface area contributed by atoms with Gasteiger partial charge in [-0.1, -0.05) is 18.2 Å². The highest BCUT2D eigenvalue weighted by atomic mass is 79.9. The van der Waals surface area contributed by atoms with Crippen molar-refractivity contribution in [1.29, 1.82) is 0 Å². The van der Waals surface area contributed by atoms with E-state index in [2.05, 4.69) is 72.5 Å². The number of nitrogens with one attached hydrogen (secondary N) is 1. The molecule has 102 valence electrons. The van der Waals surface area contributed by atoms with Gasteiger partial charge in [0.15, 0.2) is 0 Å². The zero-order chi connectivity index (χ0) is 14.1. The lowest BCUT2D eigenvalue weighted by molar-refractivity contribution is 0.709. The van der Waals surface area contributed by atoms with E-state index in [0.717, 1.165) is 8.26 Å². The van der Waals surface area contributed by atoms with Crippen LogP contribution in [0.3, 0.4) is 0 Å². The zero-order valence-corrected chi connectivity index (χ0v) is 14.7. The third-order valence-corrected chi connectivity index (χ3v) is 6.58. The van der Waals surface area contributed by atoms with Crippen LogP contribution >= 0.6 is 43.2 Å². The second kappa shape index (κ2) is 5.93. The van der Waals surface area contributed by atoms with Crippen LogP contribution in [-0.2, 0) is 0 Å². The van der Waals surface area contributed by atoms with E-state index in [-0.39, 0.29) is 6.04 Å². The summed E-state index contributed by atoms with van der Waals surface area (Å²) >= 11 is 8.87. The van der Waals surface area contributed by atoms with Gasteiger partial charge in [0.2, 0.25) is 0 Å². The van der Waals surface area contributed by atoms with Crippen LogP contribution in [0.15, 0.2) is 51.0 Å². The lowest BCUT2D eigenvalue weighted by atomic mass is 9.99. The third kappa shape index (κ3) is 2.55. The number of hydrogen-bond acceptors (Lipinski definition) is 3. The summed E-state index contributed by atoms with van der Waals surface area (Å²) in [5.41, 5.74) is 1.27. The first-order valence-corrected chi connectivity index (χ1v) is 8.55. The van der Waals surface area contributed by atoms with Crippen molar-refractivity contribution in [2.75, 3.05) is 7.05 Å². The molecule has 0 radical (unpaired) electrons. The van der Waals surface area contributed by atoms with Crippen molar-refractivity contribution in [3.05, 3.63) is 61.4 Å². The van der Waals surface area contributed by atoms with Gasteiger partial charge in [-0.15, -0.1) is 11.3 Å². The summed E-state index contributed by atoms with van der Waals surface area (Å²) in [6.45, 7) is 0. The van der Waals surface area contributed by atoms with Crippen molar-refractivity contribution in [2.24, 2.45) is 0 Å². The molecule has 1 atom stereocenters. The molecule has 2 heterocycles. The van der Waals surface area contributed by atoms with Gasteiger partial charge in [-0.25, -0.2) is 0 Å². The number of pyridine rings is 1. The molecule has 0 fully saturated rings. The maximum absolute atomic E-state index is 4.20. The molecule has 0 saturated carbocycles. The Morgan fingerprint density at radius 3 is 2.80 bits per heavy atom. The minimum absolute atomic E-state index is 0.175. The molecular formula is C15H12Br2N2S. The zero-order valence-electron chi connectivity index (χ0n) is 10.7. The number of fused-ring (bicyclic) bond motifs is 1. The number of halogens is 2. The molecule has 0 aliphatic heterocycles. The lowest BCUT2D eigenvalue weighted by Gasteiger charge is -2.17. The largest absolute Gasteiger partial charge is 0.309 e. The molecule has 0 saturated heterocycles. The van der Waals surface area contributed by atoms with E-state index in [1.54, 1.807) is 11.3 Å². The molecule has 3 rings (SSSR count). The first-order chi connectivity index (χ1) is 9.70. The number of aromatic nitrogens is 1. The molecule has 3 aromatic rings. The van der Waals surface area contributed by atoms with Crippen molar-refractivity contribution in [3.8, 4) is 0 Å². The minimum Gasteiger partial charge on any atom is -0.309 e. The van der Waals surface area contributed by atoms with E-state index >= 15 is 0 Å². The van der Waals surface area contributed by atoms with Crippen LogP contribution in [0, 0.1) is 0 Å². The van der Waals surface area contributed by atoms with Gasteiger partial charge >= 0.3 is 0 Å². The first-order valence-electron chi connectivity index (χ1n) is 6.15. The summed E-state index contributed by atoms with van der Waals surface area (Å²) in [5.74, 6) is 0. The van der Waals surface area contributed by atoms with Crippen LogP contribution in [0.5, 0.6) is 0 Å². The van der Waals surface area contributed by atoms with Crippen molar-refractivity contribution < 1.29 is 0 Å². The van der Waals surface area contributed by atoms with E-state index in [1.165, 1.54) is 21.2 Å². The Kier molecular flexibility index (Phi) is 4.21. The molecule has 1 unspecified atom stereocenters. The minimum atomic E-state index is 0.175. The fourth-order valence-corrected chi connectivity index (χ4v) is 4.57. The molecule has 20 heavy (non-hydrogen) atoms. The fraction of sp³-hybridized carbons (Fsp3) is 0.133. The maximum atomic E-state index is 4.20. The molecule has 0 aliphatic rings. The Hall–Kier alpha value is -0.750. The lowest BCUT2D eigenvalue weighted by Crippen LogP contribution is -2.16. The quantitative estimate of drug-likeness (QED) is 0.646. The molecule has 0 aliphatic carbocycles. The van der Waals surface area contributed by atoms with Gasteiger partial charge in [0, 0.05) is 27.1 Å². The topological polar surface area (TPSA) is 24.9 Å². The van der Waals surface area contributed by atoms with Crippen LogP contribution in [0.25, 0.3) is 10.8 Å². The highest BCUT2D eigenvalue weighted by Gasteiger charge is 2.18. The van der Waals surface area contributed by atoms with Gasteiger partial charge in [0.05, 0.1) is 9.83 Å². The van der Waals surface area contributed by atoms with Crippen LogP contribution in [0.2, 0.25) is 0 Å². The Bertz CT molecular complexity index is 730. The van der Waals surface area contributed by atoms with E-state index in [1.807, 2.05) is 19.4 Å². The van der Waals surface area contributed by atoms with E-state index in [4.69, 9.17) is 0 Å². The van der Waals surface area contributed by atoms with Gasteiger partial charge in [-0.05, 0) is 62.0 Å². The Morgan fingerprint density at radius 1 is 1.25 bits per heavy atom. The second-order valence-electron chi connectivity index (χ2n) is 4.44. The highest BCUT2D eigenvalue weighted by molar-refractivity contribution is 9.13. The first kappa shape index (κ1) is 14.2. The predicted molar refractivity (Wildman–Crippen MR) is 92.4 cm³/mol. The monoisotopic (exact) mass is 410 g/mol. The molecule has 1 N–H and O–H groups in total. The fourth-order valence-electron chi connectivity index (χ4n) is 2.36. The summed E-state index contributed by atoms with van der Waals surface area (Å²) in [5, 5.41) is 5.82. The SMILES string of the molecule is CNC(c1cc(Br)c(Br)s1)c1cccc2cnccc12. The number of thiophene rings is 1. The summed E-state index contributed by atoms with van der Waals surface area (Å²) in [6.07, 6.45) is 3.75. The smallest absolute Gasteiger partial charge is 0.0843 e. The Morgan fingerprint density at radius 2 is 2.10 bits per heavy atom. The van der Waals surface area contributed by atoms with Gasteiger partial charge < -0.3 is 5.32 Å². The third-order valence-electron chi connectivity index (χ3n) is 3.26. The maximum Gasteiger partial charge on any atom is 0.0843 e. The molecule has 1 aromatic carbocycles. The van der Waals surface area contributed by atoms with Crippen LogP contribution in [-0.4, -0.2) is 12.0 Å². The van der Waals surface area contributed by atoms with Gasteiger partial charge in [-0.3, -0.25) is 4.98 Å². The van der Waals surface area contributed by atoms with Gasteiger partial charge in [0.25, 0.3) is 0 Å². The second-order valence-corrected chi connectivity index (χ2v) is 7.69. The highest BCUT2D eigenvalue weighted by Crippen LogP contribution is 2.38. The summed E-state index contributed by atoms with van der Waals surface area (Å²) in [6, 6.07) is 10.8. The average molecular weight is 412 g/mol. The Labute approximate surface area is 138 Å². The van der Waals surface area contributed by atoms with Gasteiger partial charge in [0.1, 0.15) is 0 Å². The van der Waals surface area contributed by atoms with Crippen LogP contribution in [0.4, 0.5) is 0 Å². The number of hydrogen-bond donors (Lipinski definition) is 1. The number of benzene rings is 1. The Balaban J connectivity index is 2.16. The molecular weight excluding hydrogens is 400 g/mol. The standard InChI is InChI=1S/C15H12Br2N2S/c1-18-14(13-7-12(16)15(17)20-13)11-4-2-3-9-8-19-6-5-10(9)11/h2-8,14,18H,1H3. The van der Waals surface area contributed by atoms with Gasteiger partial charge in [-0.2, -0.15) is 0 Å². The number of rotatable bonds is 3. The van der Waals surface area contributed by atoms with Crippen molar-refractivity contribution in [2.45, 2.75) is 6.04 Å². The molecule has 2 aromatic heterocycles.